The molecule has 0 heterocycles. The van der Waals surface area contributed by atoms with E-state index in [1.807, 2.05) is 0 Å². The highest BCUT2D eigenvalue weighted by Gasteiger charge is 1.94. The summed E-state index contributed by atoms with van der Waals surface area (Å²) in [5.74, 6) is 0.443. The molecule has 48 valence electrons. The molecule has 0 aliphatic rings. The van der Waals surface area contributed by atoms with Crippen LogP contribution in [0.1, 0.15) is 6.92 Å². The molecule has 0 aliphatic heterocycles. The molecule has 0 fully saturated rings. The van der Waals surface area contributed by atoms with Crippen LogP contribution in [0.25, 0.3) is 0 Å². The average molecular weight is 137 g/mol. The smallest absolute Gasteiger partial charge is 0.148 e. The van der Waals surface area contributed by atoms with Gasteiger partial charge in [0, 0.05) is 5.88 Å². The van der Waals surface area contributed by atoms with Crippen LogP contribution in [0, 0.1) is 0 Å². The Hall–Kier alpha value is -0.0800. The van der Waals surface area contributed by atoms with Gasteiger partial charge in [-0.05, 0) is 6.92 Å². The molecule has 0 rings (SSSR count). The van der Waals surface area contributed by atoms with E-state index >= 15 is 0 Å². The van der Waals surface area contributed by atoms with E-state index in [4.69, 9.17) is 16.3 Å². The maximum atomic E-state index is 9.84. The summed E-state index contributed by atoms with van der Waals surface area (Å²) < 4.78 is 4.84. The maximum Gasteiger partial charge on any atom is 0.148 e. The van der Waals surface area contributed by atoms with Crippen LogP contribution in [0.2, 0.25) is 0 Å². The van der Waals surface area contributed by atoms with Gasteiger partial charge in [-0.15, -0.1) is 11.6 Å². The molecule has 8 heavy (non-hydrogen) atoms. The van der Waals surface area contributed by atoms with Crippen LogP contribution in [0.15, 0.2) is 0 Å². The van der Waals surface area contributed by atoms with Gasteiger partial charge in [0.15, 0.2) is 0 Å². The molecule has 2 nitrogen and oxygen atoms in total. The minimum Gasteiger partial charge on any atom is -0.370 e. The van der Waals surface area contributed by atoms with Gasteiger partial charge in [-0.3, -0.25) is 0 Å². The van der Waals surface area contributed by atoms with Gasteiger partial charge in [0.05, 0.1) is 6.61 Å². The second-order valence-electron chi connectivity index (χ2n) is 1.40. The zero-order valence-electron chi connectivity index (χ0n) is 4.76. The summed E-state index contributed by atoms with van der Waals surface area (Å²) >= 11 is 5.26. The predicted octanol–water partition coefficient (Wildman–Crippen LogP) is 0.829. The molecule has 0 bridgehead atoms. The molecule has 0 aromatic heterocycles. The largest absolute Gasteiger partial charge is 0.370 e. The minimum absolute atomic E-state index is 0.311. The van der Waals surface area contributed by atoms with E-state index in [1.54, 1.807) is 6.92 Å². The van der Waals surface area contributed by atoms with Gasteiger partial charge in [0.2, 0.25) is 0 Å². The van der Waals surface area contributed by atoms with Crippen molar-refractivity contribution in [3.05, 3.63) is 0 Å². The summed E-state index contributed by atoms with van der Waals surface area (Å²) in [6.45, 7) is 2.13. The Bertz CT molecular complexity index is 65.4. The Balaban J connectivity index is 2.98. The first-order chi connectivity index (χ1) is 3.81. The molecule has 0 amide bonds. The molecule has 0 radical (unpaired) electrons. The molecule has 0 spiro atoms. The Labute approximate surface area is 53.8 Å². The quantitative estimate of drug-likeness (QED) is 0.423. The Kier molecular flexibility index (Phi) is 5.01. The van der Waals surface area contributed by atoms with Gasteiger partial charge in [0.1, 0.15) is 12.4 Å². The third-order valence-corrected chi connectivity index (χ3v) is 0.804. The Morgan fingerprint density at radius 1 is 1.88 bits per heavy atom. The predicted molar refractivity (Wildman–Crippen MR) is 32.2 cm³/mol. The van der Waals surface area contributed by atoms with Gasteiger partial charge in [-0.2, -0.15) is 0 Å². The van der Waals surface area contributed by atoms with Crippen molar-refractivity contribution in [3.63, 3.8) is 0 Å². The molecule has 0 N–H and O–H groups in total. The van der Waals surface area contributed by atoms with E-state index in [-0.39, 0.29) is 6.10 Å². The number of carbonyl (C=O) groups is 1. The van der Waals surface area contributed by atoms with E-state index in [1.165, 1.54) is 0 Å². The molecule has 3 heteroatoms. The Morgan fingerprint density at radius 2 is 2.50 bits per heavy atom. The molecule has 0 aromatic carbocycles. The van der Waals surface area contributed by atoms with Crippen LogP contribution in [0.5, 0.6) is 0 Å². The van der Waals surface area contributed by atoms with Crippen molar-refractivity contribution in [2.45, 2.75) is 13.0 Å². The third-order valence-electron chi connectivity index (χ3n) is 0.650. The topological polar surface area (TPSA) is 26.3 Å². The van der Waals surface area contributed by atoms with Crippen LogP contribution >= 0.6 is 11.6 Å². The first kappa shape index (κ1) is 7.92. The molecule has 0 aromatic rings. The second kappa shape index (κ2) is 5.06. The number of aldehydes is 1. The number of carbonyl (C=O) groups excluding carboxylic acids is 1. The first-order valence-corrected chi connectivity index (χ1v) is 2.97. The van der Waals surface area contributed by atoms with E-state index in [9.17, 15) is 4.79 Å². The van der Waals surface area contributed by atoms with E-state index in [0.29, 0.717) is 12.5 Å². The maximum absolute atomic E-state index is 9.84. The summed E-state index contributed by atoms with van der Waals surface area (Å²) in [6, 6.07) is 0. The highest BCUT2D eigenvalue weighted by atomic mass is 35.5. The number of halogens is 1. The van der Waals surface area contributed by atoms with Crippen molar-refractivity contribution in [2.24, 2.45) is 0 Å². The summed E-state index contributed by atoms with van der Waals surface area (Å²) in [7, 11) is 0. The van der Waals surface area contributed by atoms with Crippen molar-refractivity contribution >= 4 is 17.9 Å². The molecule has 0 saturated carbocycles. The molecule has 0 aliphatic carbocycles. The van der Waals surface area contributed by atoms with Gasteiger partial charge in [-0.25, -0.2) is 0 Å². The van der Waals surface area contributed by atoms with Crippen molar-refractivity contribution in [3.8, 4) is 0 Å². The van der Waals surface area contributed by atoms with Crippen LogP contribution in [-0.4, -0.2) is 24.9 Å². The molecule has 0 saturated heterocycles. The lowest BCUT2D eigenvalue weighted by molar-refractivity contribution is -0.116. The molecular weight excluding hydrogens is 128 g/mol. The van der Waals surface area contributed by atoms with Gasteiger partial charge < -0.3 is 9.53 Å². The minimum atomic E-state index is -0.311. The summed E-state index contributed by atoms with van der Waals surface area (Å²) in [6.07, 6.45) is 0.431. The van der Waals surface area contributed by atoms with Crippen molar-refractivity contribution < 1.29 is 9.53 Å². The lowest BCUT2D eigenvalue weighted by atomic mass is 10.5. The average Bonchev–Trinajstić information content (AvgIpc) is 1.83. The summed E-state index contributed by atoms with van der Waals surface area (Å²) in [4.78, 5) is 9.84. The monoisotopic (exact) mass is 136 g/mol. The first-order valence-electron chi connectivity index (χ1n) is 2.44. The number of rotatable bonds is 4. The summed E-state index contributed by atoms with van der Waals surface area (Å²) in [5, 5.41) is 0. The SMILES string of the molecule is CC(C=O)OCCCl. The highest BCUT2D eigenvalue weighted by molar-refractivity contribution is 6.17. The fourth-order valence-electron chi connectivity index (χ4n) is 0.270. The zero-order chi connectivity index (χ0) is 6.41. The fourth-order valence-corrected chi connectivity index (χ4v) is 0.359. The third kappa shape index (κ3) is 4.09. The highest BCUT2D eigenvalue weighted by Crippen LogP contribution is 1.85. The van der Waals surface area contributed by atoms with Crippen LogP contribution in [0.4, 0.5) is 0 Å². The van der Waals surface area contributed by atoms with Gasteiger partial charge >= 0.3 is 0 Å². The molecular formula is C5H9ClO2. The number of hydrogen-bond donors (Lipinski definition) is 0. The fraction of sp³-hybridized carbons (Fsp3) is 0.800. The van der Waals surface area contributed by atoms with Crippen LogP contribution in [-0.2, 0) is 9.53 Å². The van der Waals surface area contributed by atoms with E-state index in [0.717, 1.165) is 6.29 Å². The second-order valence-corrected chi connectivity index (χ2v) is 1.78. The number of hydrogen-bond acceptors (Lipinski definition) is 2. The van der Waals surface area contributed by atoms with Gasteiger partial charge in [0.25, 0.3) is 0 Å². The van der Waals surface area contributed by atoms with Crippen molar-refractivity contribution in [2.75, 3.05) is 12.5 Å². The summed E-state index contributed by atoms with van der Waals surface area (Å²) in [5.41, 5.74) is 0. The Morgan fingerprint density at radius 3 is 2.88 bits per heavy atom. The van der Waals surface area contributed by atoms with Gasteiger partial charge in [-0.1, -0.05) is 0 Å². The lowest BCUT2D eigenvalue weighted by Gasteiger charge is -2.01. The van der Waals surface area contributed by atoms with Crippen molar-refractivity contribution in [1.29, 1.82) is 0 Å². The zero-order valence-corrected chi connectivity index (χ0v) is 5.52. The molecule has 1 atom stereocenters. The van der Waals surface area contributed by atoms with E-state index < -0.39 is 0 Å². The standard InChI is InChI=1S/C5H9ClO2/c1-5(4-7)8-3-2-6/h4-5H,2-3H2,1H3. The molecule has 1 unspecified atom stereocenters. The lowest BCUT2D eigenvalue weighted by Crippen LogP contribution is -2.10. The van der Waals surface area contributed by atoms with Crippen LogP contribution in [0.3, 0.4) is 0 Å². The van der Waals surface area contributed by atoms with E-state index in [2.05, 4.69) is 0 Å². The number of ether oxygens (including phenoxy) is 1. The van der Waals surface area contributed by atoms with Crippen molar-refractivity contribution in [1.82, 2.24) is 0 Å². The van der Waals surface area contributed by atoms with Crippen LogP contribution < -0.4 is 0 Å². The normalized spacial score (nSPS) is 13.2. The number of alkyl halides is 1.